The van der Waals surface area contributed by atoms with Gasteiger partial charge in [0.25, 0.3) is 0 Å². The summed E-state index contributed by atoms with van der Waals surface area (Å²) in [5.41, 5.74) is 7.90. The molecule has 0 aliphatic heterocycles. The third kappa shape index (κ3) is 4.72. The van der Waals surface area contributed by atoms with E-state index in [-0.39, 0.29) is 12.5 Å². The van der Waals surface area contributed by atoms with Crippen LogP contribution < -0.4 is 10.5 Å². The van der Waals surface area contributed by atoms with E-state index in [1.807, 2.05) is 23.5 Å². The van der Waals surface area contributed by atoms with Crippen molar-refractivity contribution < 1.29 is 9.53 Å². The van der Waals surface area contributed by atoms with Crippen molar-refractivity contribution in [2.24, 2.45) is 5.73 Å². The van der Waals surface area contributed by atoms with Gasteiger partial charge in [0.15, 0.2) is 0 Å². The number of esters is 1. The maximum Gasteiger partial charge on any atom is 0.325 e. The first kappa shape index (κ1) is 19.1. The molecule has 4 nitrogen and oxygen atoms in total. The lowest BCUT2D eigenvalue weighted by molar-refractivity contribution is -0.132. The van der Waals surface area contributed by atoms with E-state index in [0.717, 1.165) is 45.2 Å². The Kier molecular flexibility index (Phi) is 6.83. The lowest BCUT2D eigenvalue weighted by Crippen LogP contribution is -2.41. The molecule has 0 saturated carbocycles. The second-order valence-electron chi connectivity index (χ2n) is 6.83. The zero-order valence-electron chi connectivity index (χ0n) is 15.4. The Morgan fingerprint density at radius 3 is 2.92 bits per heavy atom. The molecule has 1 heterocycles. The number of nitrogens with two attached hydrogens (primary N) is 1. The number of hydrogen-bond acceptors (Lipinski definition) is 5. The van der Waals surface area contributed by atoms with Crippen molar-refractivity contribution >= 4 is 17.3 Å². The molecule has 2 aromatic rings. The van der Waals surface area contributed by atoms with Gasteiger partial charge >= 0.3 is 5.97 Å². The van der Waals surface area contributed by atoms with E-state index in [2.05, 4.69) is 35.4 Å². The molecule has 2 N–H and O–H groups in total. The largest absolute Gasteiger partial charge is 0.425 e. The topological polar surface area (TPSA) is 55.6 Å². The van der Waals surface area contributed by atoms with Gasteiger partial charge in [-0.2, -0.15) is 0 Å². The normalized spacial score (nSPS) is 16.5. The lowest BCUT2D eigenvalue weighted by Gasteiger charge is -2.35. The molecule has 1 aromatic carbocycles. The molecule has 1 aromatic heterocycles. The van der Waals surface area contributed by atoms with Gasteiger partial charge in [-0.3, -0.25) is 9.69 Å². The Balaban J connectivity index is 1.72. The molecular weight excluding hydrogens is 344 g/mol. The van der Waals surface area contributed by atoms with E-state index < -0.39 is 0 Å². The molecule has 1 unspecified atom stereocenters. The average molecular weight is 373 g/mol. The molecular formula is C21H28N2O2S. The van der Waals surface area contributed by atoms with E-state index in [1.165, 1.54) is 16.0 Å². The van der Waals surface area contributed by atoms with Gasteiger partial charge in [0.2, 0.25) is 0 Å². The molecule has 5 heteroatoms. The van der Waals surface area contributed by atoms with Crippen molar-refractivity contribution in [2.75, 3.05) is 19.6 Å². The number of ether oxygens (including phenoxy) is 1. The van der Waals surface area contributed by atoms with Crippen molar-refractivity contribution in [3.05, 3.63) is 51.7 Å². The smallest absolute Gasteiger partial charge is 0.325 e. The summed E-state index contributed by atoms with van der Waals surface area (Å²) in [7, 11) is 0. The summed E-state index contributed by atoms with van der Waals surface area (Å²) in [6.07, 6.45) is 5.38. The third-order valence-electron chi connectivity index (χ3n) is 5.06. The minimum absolute atomic E-state index is 0.0874. The Labute approximate surface area is 160 Å². The molecule has 0 amide bonds. The predicted octanol–water partition coefficient (Wildman–Crippen LogP) is 3.42. The molecule has 26 heavy (non-hydrogen) atoms. The number of aryl methyl sites for hydroxylation is 1. The standard InChI is InChI=1S/C21H28N2O2S/c1-2-11-23(12-10-18-6-4-13-26-18)17-9-8-16-5-3-7-20(19(16)14-17)25-21(24)15-22/h3-7,13,17H,2,8-12,14-15,22H2,1H3. The molecule has 0 fully saturated rings. The summed E-state index contributed by atoms with van der Waals surface area (Å²) in [4.78, 5) is 15.7. The highest BCUT2D eigenvalue weighted by Gasteiger charge is 2.26. The number of carbonyl (C=O) groups excluding carboxylic acids is 1. The summed E-state index contributed by atoms with van der Waals surface area (Å²) < 4.78 is 5.49. The minimum Gasteiger partial charge on any atom is -0.425 e. The number of thiophene rings is 1. The molecule has 140 valence electrons. The number of nitrogens with zero attached hydrogens (tertiary/aromatic N) is 1. The highest BCUT2D eigenvalue weighted by atomic mass is 32.1. The minimum atomic E-state index is -0.372. The monoisotopic (exact) mass is 372 g/mol. The first-order valence-corrected chi connectivity index (χ1v) is 10.4. The van der Waals surface area contributed by atoms with E-state index in [9.17, 15) is 4.79 Å². The summed E-state index contributed by atoms with van der Waals surface area (Å²) in [6.45, 7) is 4.34. The average Bonchev–Trinajstić information content (AvgIpc) is 3.18. The van der Waals surface area contributed by atoms with E-state index in [0.29, 0.717) is 11.8 Å². The van der Waals surface area contributed by atoms with Crippen LogP contribution in [0.1, 0.15) is 35.8 Å². The van der Waals surface area contributed by atoms with Gasteiger partial charge in [0, 0.05) is 17.5 Å². The number of benzene rings is 1. The fourth-order valence-electron chi connectivity index (χ4n) is 3.78. The molecule has 3 rings (SSSR count). The van der Waals surface area contributed by atoms with Crippen LogP contribution in [0.3, 0.4) is 0 Å². The van der Waals surface area contributed by atoms with Gasteiger partial charge in [-0.25, -0.2) is 0 Å². The van der Waals surface area contributed by atoms with Crippen LogP contribution in [0.4, 0.5) is 0 Å². The van der Waals surface area contributed by atoms with Gasteiger partial charge in [-0.15, -0.1) is 11.3 Å². The van der Waals surface area contributed by atoms with Crippen LogP contribution in [-0.2, 0) is 24.1 Å². The van der Waals surface area contributed by atoms with Crippen LogP contribution in [0.15, 0.2) is 35.7 Å². The Hall–Kier alpha value is -1.69. The van der Waals surface area contributed by atoms with Crippen LogP contribution in [-0.4, -0.2) is 36.5 Å². The first-order valence-electron chi connectivity index (χ1n) is 9.49. The summed E-state index contributed by atoms with van der Waals surface area (Å²) in [6, 6.07) is 10.9. The fourth-order valence-corrected chi connectivity index (χ4v) is 4.48. The summed E-state index contributed by atoms with van der Waals surface area (Å²) in [5.74, 6) is 0.320. The number of fused-ring (bicyclic) bond motifs is 1. The number of hydrogen-bond donors (Lipinski definition) is 1. The fraction of sp³-hybridized carbons (Fsp3) is 0.476. The van der Waals surface area contributed by atoms with Gasteiger partial charge < -0.3 is 10.5 Å². The second kappa shape index (κ2) is 9.31. The van der Waals surface area contributed by atoms with Gasteiger partial charge in [-0.05, 0) is 67.3 Å². The van der Waals surface area contributed by atoms with Crippen molar-refractivity contribution in [3.63, 3.8) is 0 Å². The van der Waals surface area contributed by atoms with Crippen LogP contribution >= 0.6 is 11.3 Å². The zero-order valence-corrected chi connectivity index (χ0v) is 16.3. The van der Waals surface area contributed by atoms with Gasteiger partial charge in [0.1, 0.15) is 5.75 Å². The second-order valence-corrected chi connectivity index (χ2v) is 7.87. The third-order valence-corrected chi connectivity index (χ3v) is 6.00. The first-order chi connectivity index (χ1) is 12.7. The van der Waals surface area contributed by atoms with Crippen LogP contribution in [0.5, 0.6) is 5.75 Å². The molecule has 0 spiro atoms. The maximum absolute atomic E-state index is 11.7. The highest BCUT2D eigenvalue weighted by Crippen LogP contribution is 2.32. The zero-order chi connectivity index (χ0) is 18.4. The van der Waals surface area contributed by atoms with Crippen LogP contribution in [0.25, 0.3) is 0 Å². The summed E-state index contributed by atoms with van der Waals surface area (Å²) in [5, 5.41) is 2.15. The van der Waals surface area contributed by atoms with Crippen LogP contribution in [0.2, 0.25) is 0 Å². The summed E-state index contributed by atoms with van der Waals surface area (Å²) >= 11 is 1.83. The highest BCUT2D eigenvalue weighted by molar-refractivity contribution is 7.09. The van der Waals surface area contributed by atoms with E-state index in [1.54, 1.807) is 0 Å². The van der Waals surface area contributed by atoms with Crippen molar-refractivity contribution in [1.82, 2.24) is 4.90 Å². The molecule has 1 atom stereocenters. The molecule has 0 bridgehead atoms. The van der Waals surface area contributed by atoms with E-state index in [4.69, 9.17) is 10.5 Å². The lowest BCUT2D eigenvalue weighted by atomic mass is 9.86. The van der Waals surface area contributed by atoms with Crippen LogP contribution in [0, 0.1) is 0 Å². The van der Waals surface area contributed by atoms with Gasteiger partial charge in [-0.1, -0.05) is 25.1 Å². The Morgan fingerprint density at radius 2 is 2.19 bits per heavy atom. The van der Waals surface area contributed by atoms with Crippen molar-refractivity contribution in [3.8, 4) is 5.75 Å². The van der Waals surface area contributed by atoms with Gasteiger partial charge in [0.05, 0.1) is 6.54 Å². The van der Waals surface area contributed by atoms with E-state index >= 15 is 0 Å². The molecule has 1 aliphatic carbocycles. The van der Waals surface area contributed by atoms with Crippen molar-refractivity contribution in [1.29, 1.82) is 0 Å². The molecule has 0 saturated heterocycles. The maximum atomic E-state index is 11.7. The predicted molar refractivity (Wildman–Crippen MR) is 107 cm³/mol. The number of carbonyl (C=O) groups is 1. The van der Waals surface area contributed by atoms with Crippen molar-refractivity contribution in [2.45, 2.75) is 45.1 Å². The SMILES string of the molecule is CCCN(CCc1cccs1)C1CCc2cccc(OC(=O)CN)c2C1. The Morgan fingerprint density at radius 1 is 1.31 bits per heavy atom. The molecule has 0 radical (unpaired) electrons. The number of rotatable bonds is 8. The Bertz CT molecular complexity index is 715. The molecule has 1 aliphatic rings. The quantitative estimate of drug-likeness (QED) is 0.570.